The lowest BCUT2D eigenvalue weighted by molar-refractivity contribution is -0.122. The second kappa shape index (κ2) is 5.44. The lowest BCUT2D eigenvalue weighted by atomic mass is 10.0. The van der Waals surface area contributed by atoms with Crippen molar-refractivity contribution in [1.29, 1.82) is 0 Å². The van der Waals surface area contributed by atoms with Crippen LogP contribution in [0, 0.1) is 0 Å². The molecule has 2 amide bonds. The van der Waals surface area contributed by atoms with E-state index in [-0.39, 0.29) is 29.2 Å². The fourth-order valence-electron chi connectivity index (χ4n) is 2.56. The van der Waals surface area contributed by atoms with Crippen LogP contribution < -0.4 is 10.6 Å². The second-order valence-electron chi connectivity index (χ2n) is 5.20. The third-order valence-corrected chi connectivity index (χ3v) is 3.75. The molecule has 0 aromatic heterocycles. The Morgan fingerprint density at radius 3 is 2.81 bits per heavy atom. The summed E-state index contributed by atoms with van der Waals surface area (Å²) in [5, 5.41) is 17.4. The van der Waals surface area contributed by atoms with Crippen LogP contribution in [0.4, 0.5) is 0 Å². The van der Waals surface area contributed by atoms with Gasteiger partial charge in [0, 0.05) is 24.4 Å². The third kappa shape index (κ3) is 2.67. The molecular formula is C16H16N2O3. The summed E-state index contributed by atoms with van der Waals surface area (Å²) in [6.45, 7) is 0.429. The molecule has 1 heterocycles. The predicted octanol–water partition coefficient (Wildman–Crippen LogP) is 1.55. The predicted molar refractivity (Wildman–Crippen MR) is 79.1 cm³/mol. The van der Waals surface area contributed by atoms with Crippen LogP contribution in [-0.2, 0) is 4.79 Å². The van der Waals surface area contributed by atoms with Crippen LogP contribution in [0.25, 0.3) is 10.8 Å². The van der Waals surface area contributed by atoms with E-state index in [0.717, 1.165) is 5.39 Å². The van der Waals surface area contributed by atoms with Crippen LogP contribution in [0.2, 0.25) is 0 Å². The topological polar surface area (TPSA) is 78.4 Å². The van der Waals surface area contributed by atoms with E-state index in [0.29, 0.717) is 24.8 Å². The van der Waals surface area contributed by atoms with Gasteiger partial charge in [-0.15, -0.1) is 0 Å². The number of hydrogen-bond donors (Lipinski definition) is 3. The van der Waals surface area contributed by atoms with E-state index in [4.69, 9.17) is 0 Å². The molecule has 0 aliphatic carbocycles. The maximum absolute atomic E-state index is 12.3. The van der Waals surface area contributed by atoms with Crippen LogP contribution in [0.15, 0.2) is 36.4 Å². The van der Waals surface area contributed by atoms with Crippen LogP contribution in [0.3, 0.4) is 0 Å². The molecule has 1 aliphatic heterocycles. The Kier molecular flexibility index (Phi) is 3.48. The van der Waals surface area contributed by atoms with Gasteiger partial charge in [-0.3, -0.25) is 9.59 Å². The number of fused-ring (bicyclic) bond motifs is 1. The highest BCUT2D eigenvalue weighted by Crippen LogP contribution is 2.28. The van der Waals surface area contributed by atoms with Gasteiger partial charge in [-0.05, 0) is 17.9 Å². The molecule has 21 heavy (non-hydrogen) atoms. The highest BCUT2D eigenvalue weighted by Gasteiger charge is 2.21. The molecule has 0 radical (unpaired) electrons. The fraction of sp³-hybridized carbons (Fsp3) is 0.250. The fourth-order valence-corrected chi connectivity index (χ4v) is 2.56. The molecule has 0 spiro atoms. The number of carbonyl (C=O) groups excluding carboxylic acids is 2. The first kappa shape index (κ1) is 13.4. The number of benzene rings is 2. The smallest absolute Gasteiger partial charge is 0.255 e. The lowest BCUT2D eigenvalue weighted by Gasteiger charge is -2.23. The molecular weight excluding hydrogens is 268 g/mol. The first-order valence-corrected chi connectivity index (χ1v) is 6.93. The summed E-state index contributed by atoms with van der Waals surface area (Å²) in [7, 11) is 0. The van der Waals surface area contributed by atoms with E-state index in [1.807, 2.05) is 24.3 Å². The summed E-state index contributed by atoms with van der Waals surface area (Å²) in [6.07, 6.45) is 1.03. The quantitative estimate of drug-likeness (QED) is 0.783. The summed E-state index contributed by atoms with van der Waals surface area (Å²) in [4.78, 5) is 23.4. The van der Waals surface area contributed by atoms with Gasteiger partial charge < -0.3 is 15.7 Å². The lowest BCUT2D eigenvalue weighted by Crippen LogP contribution is -2.47. The average Bonchev–Trinajstić information content (AvgIpc) is 2.50. The molecule has 3 rings (SSSR count). The molecule has 0 bridgehead atoms. The summed E-state index contributed by atoms with van der Waals surface area (Å²) < 4.78 is 0. The Labute approximate surface area is 122 Å². The largest absolute Gasteiger partial charge is 0.506 e. The van der Waals surface area contributed by atoms with E-state index < -0.39 is 0 Å². The summed E-state index contributed by atoms with van der Waals surface area (Å²) in [5.74, 6) is -0.320. The van der Waals surface area contributed by atoms with E-state index in [1.54, 1.807) is 12.1 Å². The molecule has 0 saturated carbocycles. The molecule has 108 valence electrons. The maximum Gasteiger partial charge on any atom is 0.255 e. The first-order chi connectivity index (χ1) is 10.1. The van der Waals surface area contributed by atoms with Crippen molar-refractivity contribution in [2.45, 2.75) is 18.9 Å². The van der Waals surface area contributed by atoms with Crippen molar-refractivity contribution in [1.82, 2.24) is 10.6 Å². The minimum atomic E-state index is -0.320. The van der Waals surface area contributed by atoms with Gasteiger partial charge in [-0.25, -0.2) is 0 Å². The Morgan fingerprint density at radius 1 is 1.24 bits per heavy atom. The minimum Gasteiger partial charge on any atom is -0.506 e. The summed E-state index contributed by atoms with van der Waals surface area (Å²) >= 11 is 0. The highest BCUT2D eigenvalue weighted by molar-refractivity contribution is 6.03. The van der Waals surface area contributed by atoms with Crippen molar-refractivity contribution in [2.75, 3.05) is 6.54 Å². The molecule has 5 nitrogen and oxygen atoms in total. The van der Waals surface area contributed by atoms with Crippen molar-refractivity contribution < 1.29 is 14.7 Å². The van der Waals surface area contributed by atoms with Crippen LogP contribution in [0.1, 0.15) is 23.2 Å². The van der Waals surface area contributed by atoms with E-state index in [9.17, 15) is 14.7 Å². The molecule has 3 N–H and O–H groups in total. The van der Waals surface area contributed by atoms with Gasteiger partial charge in [0.25, 0.3) is 5.91 Å². The second-order valence-corrected chi connectivity index (χ2v) is 5.20. The number of aromatic hydroxyl groups is 1. The van der Waals surface area contributed by atoms with E-state index in [1.165, 1.54) is 0 Å². The van der Waals surface area contributed by atoms with Crippen molar-refractivity contribution in [3.8, 4) is 5.75 Å². The Morgan fingerprint density at radius 2 is 2.05 bits per heavy atom. The molecule has 1 saturated heterocycles. The Bertz CT molecular complexity index is 702. The van der Waals surface area contributed by atoms with E-state index >= 15 is 0 Å². The summed E-state index contributed by atoms with van der Waals surface area (Å²) in [6, 6.07) is 10.7. The average molecular weight is 284 g/mol. The van der Waals surface area contributed by atoms with Gasteiger partial charge in [0.1, 0.15) is 5.75 Å². The zero-order valence-electron chi connectivity index (χ0n) is 11.4. The molecule has 1 unspecified atom stereocenters. The first-order valence-electron chi connectivity index (χ1n) is 6.93. The number of phenols is 1. The number of nitrogens with one attached hydrogen (secondary N) is 2. The van der Waals surface area contributed by atoms with Crippen molar-refractivity contribution in [3.63, 3.8) is 0 Å². The van der Waals surface area contributed by atoms with Gasteiger partial charge in [0.15, 0.2) is 0 Å². The minimum absolute atomic E-state index is 0.00838. The molecule has 1 fully saturated rings. The summed E-state index contributed by atoms with van der Waals surface area (Å²) in [5.41, 5.74) is 0.255. The molecule has 5 heteroatoms. The number of rotatable bonds is 2. The standard InChI is InChI=1S/C16H16N2O3/c19-14-8-6-11(9-17-14)18-16(21)13-7-5-10-3-1-2-4-12(10)15(13)20/h1-5,7,11,20H,6,8-9H2,(H,17,19)(H,18,21). The molecule has 2 aromatic carbocycles. The zero-order valence-corrected chi connectivity index (χ0v) is 11.4. The van der Waals surface area contributed by atoms with Crippen LogP contribution >= 0.6 is 0 Å². The number of amides is 2. The van der Waals surface area contributed by atoms with Gasteiger partial charge in [-0.1, -0.05) is 30.3 Å². The normalized spacial score (nSPS) is 18.3. The zero-order chi connectivity index (χ0) is 14.8. The molecule has 2 aromatic rings. The van der Waals surface area contributed by atoms with Gasteiger partial charge in [-0.2, -0.15) is 0 Å². The maximum atomic E-state index is 12.3. The molecule has 1 aliphatic rings. The van der Waals surface area contributed by atoms with Gasteiger partial charge >= 0.3 is 0 Å². The molecule has 1 atom stereocenters. The van der Waals surface area contributed by atoms with Crippen molar-refractivity contribution in [2.24, 2.45) is 0 Å². The Hall–Kier alpha value is -2.56. The van der Waals surface area contributed by atoms with Gasteiger partial charge in [0.05, 0.1) is 5.56 Å². The van der Waals surface area contributed by atoms with Crippen molar-refractivity contribution in [3.05, 3.63) is 42.0 Å². The third-order valence-electron chi connectivity index (χ3n) is 3.75. The SMILES string of the molecule is O=C1CCC(NC(=O)c2ccc3ccccc3c2O)CN1. The number of phenolic OH excluding ortho intramolecular Hbond substituents is 1. The van der Waals surface area contributed by atoms with Crippen molar-refractivity contribution >= 4 is 22.6 Å². The highest BCUT2D eigenvalue weighted by atomic mass is 16.3. The van der Waals surface area contributed by atoms with Crippen LogP contribution in [-0.4, -0.2) is 29.5 Å². The van der Waals surface area contributed by atoms with Gasteiger partial charge in [0.2, 0.25) is 5.91 Å². The Balaban J connectivity index is 1.81. The number of hydrogen-bond acceptors (Lipinski definition) is 3. The monoisotopic (exact) mass is 284 g/mol. The van der Waals surface area contributed by atoms with Crippen LogP contribution in [0.5, 0.6) is 5.75 Å². The van der Waals surface area contributed by atoms with E-state index in [2.05, 4.69) is 10.6 Å². The number of piperidine rings is 1. The number of carbonyl (C=O) groups is 2.